The third-order valence-electron chi connectivity index (χ3n) is 4.11. The van der Waals surface area contributed by atoms with Crippen LogP contribution in [0.4, 0.5) is 5.69 Å². The van der Waals surface area contributed by atoms with E-state index in [1.54, 1.807) is 48.8 Å². The van der Waals surface area contributed by atoms with E-state index in [0.717, 1.165) is 0 Å². The van der Waals surface area contributed by atoms with Gasteiger partial charge in [0.2, 0.25) is 0 Å². The highest BCUT2D eigenvalue weighted by Crippen LogP contribution is 2.22. The van der Waals surface area contributed by atoms with Crippen LogP contribution in [0.15, 0.2) is 73.4 Å². The number of hydrogen-bond acceptors (Lipinski definition) is 6. The van der Waals surface area contributed by atoms with Crippen molar-refractivity contribution in [2.75, 3.05) is 5.32 Å². The van der Waals surface area contributed by atoms with Gasteiger partial charge >= 0.3 is 5.97 Å². The van der Waals surface area contributed by atoms with Crippen LogP contribution in [0.3, 0.4) is 0 Å². The summed E-state index contributed by atoms with van der Waals surface area (Å²) in [6, 6.07) is 11.8. The molecular formula is C20H14N6O3. The summed E-state index contributed by atoms with van der Waals surface area (Å²) >= 11 is 0. The molecule has 9 heteroatoms. The Labute approximate surface area is 164 Å². The maximum Gasteiger partial charge on any atom is 0.336 e. The van der Waals surface area contributed by atoms with E-state index >= 15 is 0 Å². The molecular weight excluding hydrogens is 372 g/mol. The highest BCUT2D eigenvalue weighted by Gasteiger charge is 2.15. The van der Waals surface area contributed by atoms with Gasteiger partial charge in [-0.15, -0.1) is 5.10 Å². The summed E-state index contributed by atoms with van der Waals surface area (Å²) in [5.41, 5.74) is 2.49. The Morgan fingerprint density at radius 2 is 1.86 bits per heavy atom. The number of anilines is 1. The van der Waals surface area contributed by atoms with E-state index in [-0.39, 0.29) is 11.5 Å². The van der Waals surface area contributed by atoms with Gasteiger partial charge in [-0.3, -0.25) is 14.8 Å². The number of rotatable bonds is 5. The fourth-order valence-electron chi connectivity index (χ4n) is 2.72. The first-order chi connectivity index (χ1) is 14.1. The fourth-order valence-corrected chi connectivity index (χ4v) is 2.72. The van der Waals surface area contributed by atoms with E-state index in [9.17, 15) is 14.7 Å². The molecule has 0 bridgehead atoms. The van der Waals surface area contributed by atoms with Gasteiger partial charge in [0.25, 0.3) is 5.91 Å². The molecule has 0 aliphatic heterocycles. The summed E-state index contributed by atoms with van der Waals surface area (Å²) in [7, 11) is 0. The van der Waals surface area contributed by atoms with Crippen molar-refractivity contribution in [1.82, 2.24) is 25.0 Å². The molecule has 1 aromatic carbocycles. The minimum Gasteiger partial charge on any atom is -0.478 e. The van der Waals surface area contributed by atoms with Crippen LogP contribution in [0.1, 0.15) is 20.7 Å². The van der Waals surface area contributed by atoms with Gasteiger partial charge in [-0.05, 0) is 36.4 Å². The van der Waals surface area contributed by atoms with Crippen molar-refractivity contribution in [1.29, 1.82) is 0 Å². The molecule has 0 aliphatic rings. The van der Waals surface area contributed by atoms with E-state index in [4.69, 9.17) is 0 Å². The number of nitrogens with one attached hydrogen (secondary N) is 1. The number of aromatic nitrogens is 5. The van der Waals surface area contributed by atoms with Crippen molar-refractivity contribution in [3.05, 3.63) is 84.6 Å². The Bertz CT molecular complexity index is 1190. The van der Waals surface area contributed by atoms with Crippen LogP contribution < -0.4 is 5.32 Å². The third kappa shape index (κ3) is 3.83. The number of aromatic carboxylic acids is 1. The third-order valence-corrected chi connectivity index (χ3v) is 4.11. The summed E-state index contributed by atoms with van der Waals surface area (Å²) in [5.74, 6) is -1.35. The zero-order chi connectivity index (χ0) is 20.2. The molecule has 0 unspecified atom stereocenters. The van der Waals surface area contributed by atoms with Crippen molar-refractivity contribution < 1.29 is 14.7 Å². The van der Waals surface area contributed by atoms with Crippen molar-refractivity contribution in [2.24, 2.45) is 0 Å². The highest BCUT2D eigenvalue weighted by atomic mass is 16.4. The minimum absolute atomic E-state index is 0.0875. The van der Waals surface area contributed by atoms with Crippen LogP contribution >= 0.6 is 0 Å². The zero-order valence-electron chi connectivity index (χ0n) is 14.9. The topological polar surface area (TPSA) is 123 Å². The van der Waals surface area contributed by atoms with Gasteiger partial charge in [-0.2, -0.15) is 0 Å². The number of carbonyl (C=O) groups excluding carboxylic acids is 1. The smallest absolute Gasteiger partial charge is 0.336 e. The molecule has 0 aliphatic carbocycles. The monoisotopic (exact) mass is 386 g/mol. The summed E-state index contributed by atoms with van der Waals surface area (Å²) < 4.78 is 1.49. The predicted molar refractivity (Wildman–Crippen MR) is 104 cm³/mol. The minimum atomic E-state index is -1.07. The summed E-state index contributed by atoms with van der Waals surface area (Å²) in [6.45, 7) is 0. The second-order valence-electron chi connectivity index (χ2n) is 6.02. The summed E-state index contributed by atoms with van der Waals surface area (Å²) in [5, 5.41) is 20.3. The largest absolute Gasteiger partial charge is 0.478 e. The number of amides is 1. The van der Waals surface area contributed by atoms with Crippen molar-refractivity contribution in [3.63, 3.8) is 0 Å². The molecule has 9 nitrogen and oxygen atoms in total. The second-order valence-corrected chi connectivity index (χ2v) is 6.02. The molecule has 4 aromatic rings. The lowest BCUT2D eigenvalue weighted by molar-refractivity contribution is 0.0697. The molecule has 3 heterocycles. The molecule has 0 saturated carbocycles. The number of carboxylic acid groups (broad SMARTS) is 1. The Balaban J connectivity index is 1.60. The molecule has 3 aromatic heterocycles. The predicted octanol–water partition coefficient (Wildman–Crippen LogP) is 2.67. The standard InChI is InChI=1S/C20H14N6O3/c27-19(13-3-2-7-21-10-13)23-14-4-1-5-15(9-14)26-12-18(24-25-26)17-11-22-8-6-16(17)20(28)29/h1-12H,(H,23,27)(H,28,29). The van der Waals surface area contributed by atoms with Crippen molar-refractivity contribution in [2.45, 2.75) is 0 Å². The fraction of sp³-hybridized carbons (Fsp3) is 0. The van der Waals surface area contributed by atoms with Gasteiger partial charge < -0.3 is 10.4 Å². The molecule has 1 amide bonds. The lowest BCUT2D eigenvalue weighted by Crippen LogP contribution is -2.12. The number of pyridine rings is 2. The number of hydrogen-bond donors (Lipinski definition) is 2. The lowest BCUT2D eigenvalue weighted by atomic mass is 10.1. The Kier molecular flexibility index (Phi) is 4.77. The normalized spacial score (nSPS) is 10.5. The van der Waals surface area contributed by atoms with Crippen LogP contribution in [0.5, 0.6) is 0 Å². The SMILES string of the molecule is O=C(Nc1cccc(-n2cc(-c3cnccc3C(=O)O)nn2)c1)c1cccnc1. The number of carboxylic acids is 1. The number of nitrogens with zero attached hydrogens (tertiary/aromatic N) is 5. The van der Waals surface area contributed by atoms with E-state index < -0.39 is 5.97 Å². The average molecular weight is 386 g/mol. The molecule has 4 rings (SSSR count). The first-order valence-electron chi connectivity index (χ1n) is 8.53. The van der Waals surface area contributed by atoms with E-state index in [0.29, 0.717) is 28.2 Å². The molecule has 2 N–H and O–H groups in total. The molecule has 0 saturated heterocycles. The van der Waals surface area contributed by atoms with E-state index in [2.05, 4.69) is 25.6 Å². The van der Waals surface area contributed by atoms with Gasteiger partial charge in [0, 0.05) is 36.0 Å². The molecule has 29 heavy (non-hydrogen) atoms. The first-order valence-corrected chi connectivity index (χ1v) is 8.53. The molecule has 142 valence electrons. The van der Waals surface area contributed by atoms with Gasteiger partial charge in [-0.25, -0.2) is 9.48 Å². The van der Waals surface area contributed by atoms with E-state index in [1.165, 1.54) is 29.3 Å². The van der Waals surface area contributed by atoms with Crippen LogP contribution in [0, 0.1) is 0 Å². The lowest BCUT2D eigenvalue weighted by Gasteiger charge is -2.07. The number of carbonyl (C=O) groups is 2. The van der Waals surface area contributed by atoms with Crippen molar-refractivity contribution in [3.8, 4) is 16.9 Å². The Morgan fingerprint density at radius 1 is 1.00 bits per heavy atom. The van der Waals surface area contributed by atoms with Crippen LogP contribution in [-0.2, 0) is 0 Å². The second kappa shape index (κ2) is 7.69. The Morgan fingerprint density at radius 3 is 2.66 bits per heavy atom. The zero-order valence-corrected chi connectivity index (χ0v) is 14.9. The number of benzene rings is 1. The highest BCUT2D eigenvalue weighted by molar-refractivity contribution is 6.04. The van der Waals surface area contributed by atoms with Crippen LogP contribution in [0.2, 0.25) is 0 Å². The summed E-state index contributed by atoms with van der Waals surface area (Å²) in [4.78, 5) is 31.6. The quantitative estimate of drug-likeness (QED) is 0.540. The van der Waals surface area contributed by atoms with Gasteiger partial charge in [-0.1, -0.05) is 11.3 Å². The maximum absolute atomic E-state index is 12.3. The van der Waals surface area contributed by atoms with E-state index in [1.807, 2.05) is 0 Å². The molecule has 0 atom stereocenters. The Hall–Kier alpha value is -4.40. The molecule has 0 radical (unpaired) electrons. The van der Waals surface area contributed by atoms with Gasteiger partial charge in [0.1, 0.15) is 5.69 Å². The van der Waals surface area contributed by atoms with Gasteiger partial charge in [0.15, 0.2) is 0 Å². The van der Waals surface area contributed by atoms with Crippen LogP contribution in [0.25, 0.3) is 16.9 Å². The first kappa shape index (κ1) is 18.0. The molecule has 0 spiro atoms. The maximum atomic E-state index is 12.3. The van der Waals surface area contributed by atoms with Crippen molar-refractivity contribution >= 4 is 17.6 Å². The van der Waals surface area contributed by atoms with Crippen LogP contribution in [-0.4, -0.2) is 41.9 Å². The van der Waals surface area contributed by atoms with Gasteiger partial charge in [0.05, 0.1) is 23.0 Å². The molecule has 0 fully saturated rings. The summed E-state index contributed by atoms with van der Waals surface area (Å²) in [6.07, 6.45) is 7.52. The average Bonchev–Trinajstić information content (AvgIpc) is 3.25.